The van der Waals surface area contributed by atoms with E-state index < -0.39 is 0 Å². The second-order valence-electron chi connectivity index (χ2n) is 7.12. The molecular formula is C23H28N2O3S. The number of ether oxygens (including phenoxy) is 1. The summed E-state index contributed by atoms with van der Waals surface area (Å²) in [5, 5.41) is 0. The predicted octanol–water partition coefficient (Wildman–Crippen LogP) is 3.40. The van der Waals surface area contributed by atoms with E-state index in [9.17, 15) is 9.59 Å². The van der Waals surface area contributed by atoms with Crippen LogP contribution in [0, 0.1) is 0 Å². The van der Waals surface area contributed by atoms with Crippen LogP contribution in [0.15, 0.2) is 59.5 Å². The van der Waals surface area contributed by atoms with E-state index in [1.165, 1.54) is 22.9 Å². The van der Waals surface area contributed by atoms with Gasteiger partial charge in [0.15, 0.2) is 0 Å². The lowest BCUT2D eigenvalue weighted by Gasteiger charge is -2.36. The molecule has 1 unspecified atom stereocenters. The molecule has 0 saturated heterocycles. The molecule has 0 radical (unpaired) electrons. The van der Waals surface area contributed by atoms with Crippen LogP contribution >= 0.6 is 11.8 Å². The highest BCUT2D eigenvalue weighted by Gasteiger charge is 2.29. The minimum Gasteiger partial charge on any atom is -0.383 e. The van der Waals surface area contributed by atoms with Gasteiger partial charge in [-0.15, -0.1) is 11.8 Å². The van der Waals surface area contributed by atoms with Gasteiger partial charge >= 0.3 is 0 Å². The van der Waals surface area contributed by atoms with E-state index in [0.717, 1.165) is 11.3 Å². The van der Waals surface area contributed by atoms with Crippen LogP contribution in [0.2, 0.25) is 0 Å². The number of hydrogen-bond acceptors (Lipinski definition) is 4. The Morgan fingerprint density at radius 2 is 1.86 bits per heavy atom. The second kappa shape index (κ2) is 10.5. The number of hydrogen-bond donors (Lipinski definition) is 0. The number of methoxy groups -OCH3 is 1. The maximum Gasteiger partial charge on any atom is 0.242 e. The summed E-state index contributed by atoms with van der Waals surface area (Å²) in [5.74, 6) is 0.245. The fourth-order valence-corrected chi connectivity index (χ4v) is 4.44. The van der Waals surface area contributed by atoms with Gasteiger partial charge in [0, 0.05) is 25.1 Å². The first kappa shape index (κ1) is 21.4. The lowest BCUT2D eigenvalue weighted by Crippen LogP contribution is -2.47. The Hall–Kier alpha value is -2.31. The number of benzene rings is 2. The van der Waals surface area contributed by atoms with Gasteiger partial charge in [-0.2, -0.15) is 0 Å². The SMILES string of the molecule is COCCN(CC(=O)N1CCc2ccccc2C1C)C(=O)CSc1ccccc1. The van der Waals surface area contributed by atoms with Crippen molar-refractivity contribution in [1.82, 2.24) is 9.80 Å². The molecule has 0 saturated carbocycles. The monoisotopic (exact) mass is 412 g/mol. The van der Waals surface area contributed by atoms with E-state index >= 15 is 0 Å². The standard InChI is InChI=1S/C23H28N2O3S/c1-18-21-11-7-6-8-19(21)12-13-25(18)22(26)16-24(14-15-28-2)23(27)17-29-20-9-4-3-5-10-20/h3-11,18H,12-17H2,1-2H3. The number of fused-ring (bicyclic) bond motifs is 1. The van der Waals surface area contributed by atoms with Crippen molar-refractivity contribution in [1.29, 1.82) is 0 Å². The van der Waals surface area contributed by atoms with Crippen LogP contribution in [0.25, 0.3) is 0 Å². The topological polar surface area (TPSA) is 49.9 Å². The molecule has 0 fully saturated rings. The predicted molar refractivity (Wildman–Crippen MR) is 116 cm³/mol. The number of amides is 2. The molecule has 29 heavy (non-hydrogen) atoms. The fraction of sp³-hybridized carbons (Fsp3) is 0.391. The quantitative estimate of drug-likeness (QED) is 0.624. The largest absolute Gasteiger partial charge is 0.383 e. The minimum atomic E-state index is -0.0469. The number of nitrogens with zero attached hydrogens (tertiary/aromatic N) is 2. The van der Waals surface area contributed by atoms with E-state index in [-0.39, 0.29) is 24.4 Å². The molecule has 1 atom stereocenters. The summed E-state index contributed by atoms with van der Waals surface area (Å²) in [5.41, 5.74) is 2.50. The summed E-state index contributed by atoms with van der Waals surface area (Å²) in [6, 6.07) is 18.1. The first-order valence-electron chi connectivity index (χ1n) is 9.92. The average molecular weight is 413 g/mol. The van der Waals surface area contributed by atoms with Gasteiger partial charge in [0.1, 0.15) is 0 Å². The van der Waals surface area contributed by atoms with E-state index in [0.29, 0.717) is 25.4 Å². The molecule has 0 bridgehead atoms. The van der Waals surface area contributed by atoms with Crippen molar-refractivity contribution in [3.05, 3.63) is 65.7 Å². The van der Waals surface area contributed by atoms with Gasteiger partial charge in [0.25, 0.3) is 0 Å². The molecular weight excluding hydrogens is 384 g/mol. The minimum absolute atomic E-state index is 0.0128. The molecule has 0 aromatic heterocycles. The average Bonchev–Trinajstić information content (AvgIpc) is 2.76. The van der Waals surface area contributed by atoms with Crippen molar-refractivity contribution in [3.63, 3.8) is 0 Å². The molecule has 2 aromatic carbocycles. The number of thioether (sulfide) groups is 1. The zero-order valence-electron chi connectivity index (χ0n) is 17.0. The zero-order valence-corrected chi connectivity index (χ0v) is 17.9. The van der Waals surface area contributed by atoms with Gasteiger partial charge in [-0.05, 0) is 36.6 Å². The molecule has 3 rings (SSSR count). The summed E-state index contributed by atoms with van der Waals surface area (Å²) < 4.78 is 5.15. The molecule has 154 valence electrons. The van der Waals surface area contributed by atoms with Crippen molar-refractivity contribution < 1.29 is 14.3 Å². The highest BCUT2D eigenvalue weighted by molar-refractivity contribution is 8.00. The molecule has 6 heteroatoms. The summed E-state index contributed by atoms with van der Waals surface area (Å²) in [6.45, 7) is 3.65. The molecule has 1 heterocycles. The Morgan fingerprint density at radius 1 is 1.14 bits per heavy atom. The van der Waals surface area contributed by atoms with E-state index in [1.54, 1.807) is 12.0 Å². The van der Waals surface area contributed by atoms with Crippen LogP contribution in [-0.4, -0.2) is 60.7 Å². The molecule has 2 aromatic rings. The van der Waals surface area contributed by atoms with Gasteiger partial charge in [-0.1, -0.05) is 42.5 Å². The first-order chi connectivity index (χ1) is 14.1. The number of carbonyl (C=O) groups excluding carboxylic acids is 2. The smallest absolute Gasteiger partial charge is 0.242 e. The lowest BCUT2D eigenvalue weighted by molar-refractivity contribution is -0.141. The third-order valence-electron chi connectivity index (χ3n) is 5.26. The van der Waals surface area contributed by atoms with Crippen LogP contribution < -0.4 is 0 Å². The van der Waals surface area contributed by atoms with E-state index in [2.05, 4.69) is 19.1 Å². The van der Waals surface area contributed by atoms with Crippen LogP contribution in [0.5, 0.6) is 0 Å². The van der Waals surface area contributed by atoms with Crippen molar-refractivity contribution in [3.8, 4) is 0 Å². The van der Waals surface area contributed by atoms with Crippen LogP contribution in [0.4, 0.5) is 0 Å². The molecule has 0 spiro atoms. The van der Waals surface area contributed by atoms with Crippen molar-refractivity contribution in [2.75, 3.05) is 39.1 Å². The zero-order chi connectivity index (χ0) is 20.6. The van der Waals surface area contributed by atoms with Gasteiger partial charge in [-0.3, -0.25) is 9.59 Å². The summed E-state index contributed by atoms with van der Waals surface area (Å²) in [7, 11) is 1.60. The van der Waals surface area contributed by atoms with Gasteiger partial charge in [0.2, 0.25) is 11.8 Å². The maximum absolute atomic E-state index is 13.1. The molecule has 1 aliphatic rings. The number of rotatable bonds is 8. The maximum atomic E-state index is 13.1. The highest BCUT2D eigenvalue weighted by atomic mass is 32.2. The first-order valence-corrected chi connectivity index (χ1v) is 10.9. The second-order valence-corrected chi connectivity index (χ2v) is 8.17. The third kappa shape index (κ3) is 5.61. The van der Waals surface area contributed by atoms with Crippen LogP contribution in [0.1, 0.15) is 24.1 Å². The van der Waals surface area contributed by atoms with Crippen LogP contribution in [0.3, 0.4) is 0 Å². The summed E-state index contributed by atoms with van der Waals surface area (Å²) in [6.07, 6.45) is 0.849. The summed E-state index contributed by atoms with van der Waals surface area (Å²) >= 11 is 1.49. The van der Waals surface area contributed by atoms with E-state index in [1.807, 2.05) is 47.4 Å². The van der Waals surface area contributed by atoms with E-state index in [4.69, 9.17) is 4.74 Å². The van der Waals surface area contributed by atoms with Crippen molar-refractivity contribution in [2.24, 2.45) is 0 Å². The molecule has 1 aliphatic heterocycles. The Balaban J connectivity index is 1.63. The Kier molecular flexibility index (Phi) is 7.72. The number of carbonyl (C=O) groups is 2. The van der Waals surface area contributed by atoms with Crippen LogP contribution in [-0.2, 0) is 20.7 Å². The van der Waals surface area contributed by atoms with Crippen molar-refractivity contribution >= 4 is 23.6 Å². The fourth-order valence-electron chi connectivity index (χ4n) is 3.61. The van der Waals surface area contributed by atoms with Gasteiger partial charge in [-0.25, -0.2) is 0 Å². The third-order valence-corrected chi connectivity index (χ3v) is 6.26. The highest BCUT2D eigenvalue weighted by Crippen LogP contribution is 2.29. The molecule has 0 aliphatic carbocycles. The van der Waals surface area contributed by atoms with Crippen molar-refractivity contribution in [2.45, 2.75) is 24.3 Å². The lowest BCUT2D eigenvalue weighted by atomic mass is 9.93. The Morgan fingerprint density at radius 3 is 2.62 bits per heavy atom. The summed E-state index contributed by atoms with van der Waals surface area (Å²) in [4.78, 5) is 30.4. The van der Waals surface area contributed by atoms with Gasteiger partial charge in [0.05, 0.1) is 24.9 Å². The molecule has 5 nitrogen and oxygen atoms in total. The normalized spacial score (nSPS) is 15.7. The molecule has 0 N–H and O–H groups in total. The van der Waals surface area contributed by atoms with Gasteiger partial charge < -0.3 is 14.5 Å². The Bertz CT molecular complexity index is 828. The Labute approximate surface area is 177 Å². The molecule has 2 amide bonds.